The fourth-order valence-electron chi connectivity index (χ4n) is 2.31. The van der Waals surface area contributed by atoms with Gasteiger partial charge < -0.3 is 15.4 Å². The van der Waals surface area contributed by atoms with E-state index in [9.17, 15) is 4.79 Å². The fourth-order valence-corrected chi connectivity index (χ4v) is 2.31. The number of hydrogen-bond donors (Lipinski definition) is 1. The van der Waals surface area contributed by atoms with Crippen molar-refractivity contribution in [2.75, 3.05) is 14.2 Å². The van der Waals surface area contributed by atoms with E-state index in [0.29, 0.717) is 6.54 Å². The number of carbonyl (C=O) groups is 1. The van der Waals surface area contributed by atoms with E-state index in [1.807, 2.05) is 24.3 Å². The molecule has 1 amide bonds. The second-order valence-electron chi connectivity index (χ2n) is 4.98. The number of hydrogen-bond acceptors (Lipinski definition) is 3. The monoisotopic (exact) mass is 248 g/mol. The van der Waals surface area contributed by atoms with Crippen LogP contribution in [0.2, 0.25) is 0 Å². The molecule has 4 heteroatoms. The summed E-state index contributed by atoms with van der Waals surface area (Å²) in [6, 6.07) is 7.72. The van der Waals surface area contributed by atoms with E-state index in [4.69, 9.17) is 10.5 Å². The van der Waals surface area contributed by atoms with Crippen molar-refractivity contribution < 1.29 is 9.53 Å². The fraction of sp³-hybridized carbons (Fsp3) is 0.500. The van der Waals surface area contributed by atoms with Crippen molar-refractivity contribution in [2.24, 2.45) is 5.73 Å². The number of benzene rings is 1. The molecule has 1 aromatic carbocycles. The Morgan fingerprint density at radius 2 is 2.11 bits per heavy atom. The van der Waals surface area contributed by atoms with Gasteiger partial charge in [0.05, 0.1) is 12.6 Å². The molecule has 0 aromatic heterocycles. The van der Waals surface area contributed by atoms with Crippen molar-refractivity contribution >= 4 is 5.91 Å². The van der Waals surface area contributed by atoms with Crippen molar-refractivity contribution in [3.05, 3.63) is 29.8 Å². The predicted molar refractivity (Wildman–Crippen MR) is 70.2 cm³/mol. The predicted octanol–water partition coefficient (Wildman–Crippen LogP) is 1.53. The zero-order valence-corrected chi connectivity index (χ0v) is 11.0. The molecule has 0 saturated heterocycles. The van der Waals surface area contributed by atoms with Crippen LogP contribution < -0.4 is 10.5 Å². The molecule has 1 aromatic rings. The van der Waals surface area contributed by atoms with Gasteiger partial charge in [-0.05, 0) is 25.3 Å². The van der Waals surface area contributed by atoms with Crippen LogP contribution in [0.15, 0.2) is 24.3 Å². The Hall–Kier alpha value is -1.55. The number of ether oxygens (including phenoxy) is 1. The minimum Gasteiger partial charge on any atom is -0.496 e. The van der Waals surface area contributed by atoms with Crippen LogP contribution in [0, 0.1) is 0 Å². The van der Waals surface area contributed by atoms with Crippen LogP contribution in [0.5, 0.6) is 5.75 Å². The highest BCUT2D eigenvalue weighted by molar-refractivity contribution is 5.86. The molecule has 1 saturated carbocycles. The largest absolute Gasteiger partial charge is 0.496 e. The maximum Gasteiger partial charge on any atom is 0.242 e. The number of nitrogens with zero attached hydrogens (tertiary/aromatic N) is 1. The minimum atomic E-state index is -0.628. The molecule has 1 aliphatic carbocycles. The highest BCUT2D eigenvalue weighted by Gasteiger charge is 2.41. The molecule has 2 N–H and O–H groups in total. The van der Waals surface area contributed by atoms with Gasteiger partial charge in [0.25, 0.3) is 0 Å². The molecular weight excluding hydrogens is 228 g/mol. The first-order chi connectivity index (χ1) is 8.57. The average molecular weight is 248 g/mol. The van der Waals surface area contributed by atoms with Gasteiger partial charge in [0.1, 0.15) is 5.75 Å². The van der Waals surface area contributed by atoms with Gasteiger partial charge in [0.2, 0.25) is 5.91 Å². The lowest BCUT2D eigenvalue weighted by Gasteiger charge is -2.39. The summed E-state index contributed by atoms with van der Waals surface area (Å²) in [5.41, 5.74) is 6.42. The Kier molecular flexibility index (Phi) is 3.57. The van der Waals surface area contributed by atoms with Crippen LogP contribution in [-0.2, 0) is 11.3 Å². The first-order valence-corrected chi connectivity index (χ1v) is 6.23. The average Bonchev–Trinajstić information content (AvgIpc) is 2.35. The number of methoxy groups -OCH3 is 1. The van der Waals surface area contributed by atoms with Gasteiger partial charge in [-0.25, -0.2) is 0 Å². The molecule has 0 bridgehead atoms. The second-order valence-corrected chi connectivity index (χ2v) is 4.98. The second kappa shape index (κ2) is 4.98. The Morgan fingerprint density at radius 1 is 1.44 bits per heavy atom. The lowest BCUT2D eigenvalue weighted by molar-refractivity contribution is -0.139. The molecule has 0 radical (unpaired) electrons. The van der Waals surface area contributed by atoms with Crippen molar-refractivity contribution in [1.82, 2.24) is 4.90 Å². The quantitative estimate of drug-likeness (QED) is 0.879. The van der Waals surface area contributed by atoms with Crippen LogP contribution in [0.1, 0.15) is 24.8 Å². The summed E-state index contributed by atoms with van der Waals surface area (Å²) in [6.45, 7) is 0.530. The van der Waals surface area contributed by atoms with Crippen molar-refractivity contribution in [3.8, 4) is 5.75 Å². The van der Waals surface area contributed by atoms with Gasteiger partial charge in [-0.3, -0.25) is 4.79 Å². The number of likely N-dealkylation sites (N-methyl/N-ethyl adjacent to an activating group) is 1. The standard InChI is InChI=1S/C14H20N2O2/c1-16(13(17)14(15)8-5-9-14)10-11-6-3-4-7-12(11)18-2/h3-4,6-7H,5,8-10,15H2,1-2H3. The van der Waals surface area contributed by atoms with Crippen LogP contribution in [-0.4, -0.2) is 30.5 Å². The van der Waals surface area contributed by atoms with Gasteiger partial charge in [0.15, 0.2) is 0 Å². The number of carbonyl (C=O) groups excluding carboxylic acids is 1. The van der Waals surface area contributed by atoms with Gasteiger partial charge in [-0.15, -0.1) is 0 Å². The van der Waals surface area contributed by atoms with Gasteiger partial charge in [-0.1, -0.05) is 18.2 Å². The molecule has 2 rings (SSSR count). The summed E-state index contributed by atoms with van der Waals surface area (Å²) in [4.78, 5) is 13.9. The van der Waals surface area contributed by atoms with Crippen molar-refractivity contribution in [1.29, 1.82) is 0 Å². The molecule has 4 nitrogen and oxygen atoms in total. The van der Waals surface area contributed by atoms with Crippen molar-refractivity contribution in [3.63, 3.8) is 0 Å². The van der Waals surface area contributed by atoms with E-state index >= 15 is 0 Å². The Bertz CT molecular complexity index is 441. The van der Waals surface area contributed by atoms with E-state index in [2.05, 4.69) is 0 Å². The molecule has 0 atom stereocenters. The van der Waals surface area contributed by atoms with Crippen LogP contribution in [0.4, 0.5) is 0 Å². The number of amides is 1. The third kappa shape index (κ3) is 2.34. The molecule has 1 fully saturated rings. The number of rotatable bonds is 4. The Labute approximate surface area is 108 Å². The van der Waals surface area contributed by atoms with E-state index < -0.39 is 5.54 Å². The summed E-state index contributed by atoms with van der Waals surface area (Å²) in [6.07, 6.45) is 2.63. The number of para-hydroxylation sites is 1. The molecular formula is C14H20N2O2. The first-order valence-electron chi connectivity index (χ1n) is 6.23. The third-order valence-electron chi connectivity index (χ3n) is 3.62. The third-order valence-corrected chi connectivity index (χ3v) is 3.62. The zero-order chi connectivity index (χ0) is 13.2. The topological polar surface area (TPSA) is 55.6 Å². The van der Waals surface area contributed by atoms with E-state index in [1.165, 1.54) is 0 Å². The van der Waals surface area contributed by atoms with Gasteiger partial charge in [-0.2, -0.15) is 0 Å². The number of nitrogens with two attached hydrogens (primary N) is 1. The van der Waals surface area contributed by atoms with Gasteiger partial charge in [0, 0.05) is 19.2 Å². The van der Waals surface area contributed by atoms with E-state index in [1.54, 1.807) is 19.1 Å². The molecule has 98 valence electrons. The molecule has 0 unspecified atom stereocenters. The highest BCUT2D eigenvalue weighted by Crippen LogP contribution is 2.31. The molecule has 0 heterocycles. The van der Waals surface area contributed by atoms with Crippen molar-refractivity contribution in [2.45, 2.75) is 31.3 Å². The first kappa shape index (κ1) is 12.9. The van der Waals surface area contributed by atoms with Gasteiger partial charge >= 0.3 is 0 Å². The molecule has 0 aliphatic heterocycles. The lowest BCUT2D eigenvalue weighted by atomic mass is 9.76. The summed E-state index contributed by atoms with van der Waals surface area (Å²) in [5, 5.41) is 0. The Morgan fingerprint density at radius 3 is 2.67 bits per heavy atom. The van der Waals surface area contributed by atoms with Crippen LogP contribution in [0.25, 0.3) is 0 Å². The minimum absolute atomic E-state index is 0.0275. The van der Waals surface area contributed by atoms with E-state index in [-0.39, 0.29) is 5.91 Å². The summed E-state index contributed by atoms with van der Waals surface area (Å²) in [5.74, 6) is 0.830. The summed E-state index contributed by atoms with van der Waals surface area (Å²) < 4.78 is 5.28. The van der Waals surface area contributed by atoms with Crippen LogP contribution in [0.3, 0.4) is 0 Å². The Balaban J connectivity index is 2.06. The smallest absolute Gasteiger partial charge is 0.242 e. The molecule has 1 aliphatic rings. The highest BCUT2D eigenvalue weighted by atomic mass is 16.5. The van der Waals surface area contributed by atoms with Crippen LogP contribution >= 0.6 is 0 Å². The molecule has 18 heavy (non-hydrogen) atoms. The van der Waals surface area contributed by atoms with E-state index in [0.717, 1.165) is 30.6 Å². The normalized spacial score (nSPS) is 16.8. The summed E-state index contributed by atoms with van der Waals surface area (Å²) >= 11 is 0. The maximum absolute atomic E-state index is 12.2. The lowest BCUT2D eigenvalue weighted by Crippen LogP contribution is -2.58. The maximum atomic E-state index is 12.2. The summed E-state index contributed by atoms with van der Waals surface area (Å²) in [7, 11) is 3.43. The SMILES string of the molecule is COc1ccccc1CN(C)C(=O)C1(N)CCC1. The molecule has 0 spiro atoms. The zero-order valence-electron chi connectivity index (χ0n) is 11.0.